The summed E-state index contributed by atoms with van der Waals surface area (Å²) in [5.74, 6) is 0.591. The van der Waals surface area contributed by atoms with Crippen molar-refractivity contribution in [3.05, 3.63) is 0 Å². The normalized spacial score (nSPS) is 24.2. The smallest absolute Gasteiger partial charge is 0.273 e. The van der Waals surface area contributed by atoms with Crippen molar-refractivity contribution in [1.29, 1.82) is 0 Å². The largest absolute Gasteiger partial charge is 0.347 e. The molecule has 9 heavy (non-hydrogen) atoms. The minimum absolute atomic E-state index is 0.0266. The van der Waals surface area contributed by atoms with Crippen molar-refractivity contribution < 1.29 is 8.42 Å². The molecule has 4 nitrogen and oxygen atoms in total. The minimum atomic E-state index is -3.13. The van der Waals surface area contributed by atoms with Gasteiger partial charge in [0.15, 0.2) is 0 Å². The quantitative estimate of drug-likeness (QED) is 0.471. The first-order valence-corrected chi connectivity index (χ1v) is 4.12. The summed E-state index contributed by atoms with van der Waals surface area (Å²) in [6.45, 7) is 1.67. The third-order valence-corrected chi connectivity index (χ3v) is 2.44. The SMILES string of the molecule is CC1=NS(=O)(=O)CN1C. The molecule has 1 aliphatic heterocycles. The van der Waals surface area contributed by atoms with Crippen molar-refractivity contribution >= 4 is 15.9 Å². The first-order chi connectivity index (χ1) is 4.01. The molecule has 0 unspecified atom stereocenters. The van der Waals surface area contributed by atoms with E-state index in [2.05, 4.69) is 4.40 Å². The van der Waals surface area contributed by atoms with Crippen LogP contribution >= 0.6 is 0 Å². The highest BCUT2D eigenvalue weighted by Gasteiger charge is 2.21. The summed E-state index contributed by atoms with van der Waals surface area (Å²) in [4.78, 5) is 1.59. The highest BCUT2D eigenvalue weighted by atomic mass is 32.2. The second-order valence-corrected chi connectivity index (χ2v) is 3.65. The summed E-state index contributed by atoms with van der Waals surface area (Å²) in [7, 11) is -1.43. The molecule has 1 rings (SSSR count). The number of sulfonamides is 1. The predicted octanol–water partition coefficient (Wildman–Crippen LogP) is -0.362. The monoisotopic (exact) mass is 148 g/mol. The van der Waals surface area contributed by atoms with Gasteiger partial charge in [-0.1, -0.05) is 0 Å². The average Bonchev–Trinajstić information content (AvgIpc) is 1.79. The Morgan fingerprint density at radius 2 is 2.22 bits per heavy atom. The molecular formula is C4H8N2O2S. The van der Waals surface area contributed by atoms with Crippen molar-refractivity contribution in [1.82, 2.24) is 4.90 Å². The molecule has 0 aromatic carbocycles. The maximum absolute atomic E-state index is 10.6. The van der Waals surface area contributed by atoms with E-state index in [9.17, 15) is 8.42 Å². The van der Waals surface area contributed by atoms with Gasteiger partial charge in [0.2, 0.25) is 0 Å². The van der Waals surface area contributed by atoms with Crippen LogP contribution < -0.4 is 0 Å². The Hall–Kier alpha value is -0.580. The van der Waals surface area contributed by atoms with Gasteiger partial charge in [-0.2, -0.15) is 0 Å². The van der Waals surface area contributed by atoms with Crippen molar-refractivity contribution in [2.45, 2.75) is 6.92 Å². The lowest BCUT2D eigenvalue weighted by atomic mass is 10.6. The Morgan fingerprint density at radius 1 is 1.67 bits per heavy atom. The topological polar surface area (TPSA) is 49.7 Å². The van der Waals surface area contributed by atoms with Gasteiger partial charge in [-0.15, -0.1) is 4.40 Å². The number of hydrogen-bond acceptors (Lipinski definition) is 3. The van der Waals surface area contributed by atoms with Crippen LogP contribution in [0.25, 0.3) is 0 Å². The van der Waals surface area contributed by atoms with Crippen LogP contribution in [0.4, 0.5) is 0 Å². The summed E-state index contributed by atoms with van der Waals surface area (Å²) in [5, 5.41) is 0. The van der Waals surface area contributed by atoms with E-state index in [1.54, 1.807) is 18.9 Å². The van der Waals surface area contributed by atoms with Gasteiger partial charge >= 0.3 is 0 Å². The molecule has 0 saturated heterocycles. The van der Waals surface area contributed by atoms with Gasteiger partial charge in [0.25, 0.3) is 10.0 Å². The molecule has 5 heteroatoms. The Balaban J connectivity index is 3.01. The van der Waals surface area contributed by atoms with Gasteiger partial charge in [0, 0.05) is 7.05 Å². The molecule has 0 spiro atoms. The number of hydrogen-bond donors (Lipinski definition) is 0. The lowest BCUT2D eigenvalue weighted by molar-refractivity contribution is 0.558. The zero-order valence-electron chi connectivity index (χ0n) is 5.33. The third-order valence-electron chi connectivity index (χ3n) is 1.18. The molecule has 0 radical (unpaired) electrons. The van der Waals surface area contributed by atoms with Gasteiger partial charge in [0.1, 0.15) is 11.7 Å². The lowest BCUT2D eigenvalue weighted by Gasteiger charge is -2.05. The zero-order valence-corrected chi connectivity index (χ0v) is 6.14. The predicted molar refractivity (Wildman–Crippen MR) is 34.7 cm³/mol. The molecule has 1 heterocycles. The van der Waals surface area contributed by atoms with Crippen LogP contribution in [-0.4, -0.2) is 32.1 Å². The highest BCUT2D eigenvalue weighted by molar-refractivity contribution is 7.90. The molecule has 0 aromatic heterocycles. The minimum Gasteiger partial charge on any atom is -0.347 e. The molecule has 52 valence electrons. The average molecular weight is 148 g/mol. The molecule has 1 aliphatic rings. The van der Waals surface area contributed by atoms with Crippen molar-refractivity contribution in [3.8, 4) is 0 Å². The van der Waals surface area contributed by atoms with Crippen LogP contribution in [0.2, 0.25) is 0 Å². The molecule has 0 aliphatic carbocycles. The lowest BCUT2D eigenvalue weighted by Crippen LogP contribution is -2.20. The Bertz CT molecular complexity index is 241. The fourth-order valence-corrected chi connectivity index (χ4v) is 1.91. The van der Waals surface area contributed by atoms with Crippen molar-refractivity contribution in [2.75, 3.05) is 12.9 Å². The Morgan fingerprint density at radius 3 is 2.33 bits per heavy atom. The number of nitrogens with zero attached hydrogens (tertiary/aromatic N) is 2. The fourth-order valence-electron chi connectivity index (χ4n) is 0.638. The van der Waals surface area contributed by atoms with Crippen molar-refractivity contribution in [2.24, 2.45) is 4.40 Å². The Kier molecular flexibility index (Phi) is 1.23. The summed E-state index contributed by atoms with van der Waals surface area (Å²) < 4.78 is 24.7. The van der Waals surface area contributed by atoms with E-state index in [0.717, 1.165) is 0 Å². The molecule has 0 amide bonds. The second kappa shape index (κ2) is 1.70. The Labute approximate surface area is 54.2 Å². The van der Waals surface area contributed by atoms with E-state index in [4.69, 9.17) is 0 Å². The molecule has 0 atom stereocenters. The summed E-state index contributed by atoms with van der Waals surface area (Å²) in [6, 6.07) is 0. The highest BCUT2D eigenvalue weighted by Crippen LogP contribution is 2.06. The summed E-state index contributed by atoms with van der Waals surface area (Å²) in [5.41, 5.74) is 0. The van der Waals surface area contributed by atoms with Crippen LogP contribution in [0.15, 0.2) is 4.40 Å². The molecule has 0 aromatic rings. The second-order valence-electron chi connectivity index (χ2n) is 2.05. The van der Waals surface area contributed by atoms with E-state index in [0.29, 0.717) is 5.84 Å². The summed E-state index contributed by atoms with van der Waals surface area (Å²) in [6.07, 6.45) is 0. The van der Waals surface area contributed by atoms with Crippen LogP contribution in [0.5, 0.6) is 0 Å². The van der Waals surface area contributed by atoms with Crippen LogP contribution in [0, 0.1) is 0 Å². The van der Waals surface area contributed by atoms with Gasteiger partial charge in [-0.25, -0.2) is 8.42 Å². The molecule has 0 bridgehead atoms. The standard InChI is InChI=1S/C4H8N2O2S/c1-4-5-9(7,8)3-6(4)2/h3H2,1-2H3. The molecule has 0 N–H and O–H groups in total. The van der Waals surface area contributed by atoms with Gasteiger partial charge in [-0.3, -0.25) is 0 Å². The zero-order chi connectivity index (χ0) is 7.07. The third kappa shape index (κ3) is 1.21. The number of amidine groups is 1. The first-order valence-electron chi connectivity index (χ1n) is 2.52. The van der Waals surface area contributed by atoms with Crippen LogP contribution in [0.1, 0.15) is 6.92 Å². The fraction of sp³-hybridized carbons (Fsp3) is 0.750. The maximum atomic E-state index is 10.6. The van der Waals surface area contributed by atoms with E-state index in [-0.39, 0.29) is 5.88 Å². The van der Waals surface area contributed by atoms with Crippen LogP contribution in [-0.2, 0) is 10.0 Å². The van der Waals surface area contributed by atoms with E-state index >= 15 is 0 Å². The molecule has 0 fully saturated rings. The van der Waals surface area contributed by atoms with E-state index in [1.807, 2.05) is 0 Å². The summed E-state index contributed by atoms with van der Waals surface area (Å²) >= 11 is 0. The van der Waals surface area contributed by atoms with Gasteiger partial charge < -0.3 is 4.90 Å². The molecular weight excluding hydrogens is 140 g/mol. The van der Waals surface area contributed by atoms with Gasteiger partial charge in [0.05, 0.1) is 0 Å². The van der Waals surface area contributed by atoms with E-state index < -0.39 is 10.0 Å². The maximum Gasteiger partial charge on any atom is 0.273 e. The first kappa shape index (κ1) is 6.54. The van der Waals surface area contributed by atoms with E-state index in [1.165, 1.54) is 0 Å². The molecule has 0 saturated carbocycles. The van der Waals surface area contributed by atoms with Crippen molar-refractivity contribution in [3.63, 3.8) is 0 Å². The van der Waals surface area contributed by atoms with Gasteiger partial charge in [-0.05, 0) is 6.92 Å². The number of rotatable bonds is 0. The van der Waals surface area contributed by atoms with Crippen LogP contribution in [0.3, 0.4) is 0 Å².